The molecule has 1 heterocycles. The summed E-state index contributed by atoms with van der Waals surface area (Å²) in [6.45, 7) is 5.23. The van der Waals surface area contributed by atoms with Crippen molar-refractivity contribution in [3.05, 3.63) is 42.5 Å². The number of anilines is 1. The van der Waals surface area contributed by atoms with Gasteiger partial charge in [0.15, 0.2) is 9.84 Å². The molecule has 1 aromatic carbocycles. The summed E-state index contributed by atoms with van der Waals surface area (Å²) in [5.41, 5.74) is 1.68. The maximum absolute atomic E-state index is 12.1. The molecule has 2 rings (SSSR count). The molecule has 0 fully saturated rings. The third-order valence-electron chi connectivity index (χ3n) is 3.33. The number of hydrogen-bond donors (Lipinski definition) is 1. The molecule has 0 radical (unpaired) electrons. The molecule has 0 amide bonds. The van der Waals surface area contributed by atoms with Crippen molar-refractivity contribution in [1.29, 1.82) is 0 Å². The van der Waals surface area contributed by atoms with E-state index in [-0.39, 0.29) is 5.75 Å². The van der Waals surface area contributed by atoms with E-state index in [1.165, 1.54) is 0 Å². The maximum atomic E-state index is 12.1. The molecule has 0 aliphatic rings. The molecular weight excluding hydrogens is 286 g/mol. The SMILES string of the molecule is CCCn1cncc1CNc1ccccc1S(=O)(=O)CC. The number of nitrogens with zero attached hydrogens (tertiary/aromatic N) is 2. The predicted octanol–water partition coefficient (Wildman–Crippen LogP) is 2.70. The zero-order valence-electron chi connectivity index (χ0n) is 12.4. The van der Waals surface area contributed by atoms with Crippen molar-refractivity contribution in [1.82, 2.24) is 9.55 Å². The molecule has 0 aliphatic carbocycles. The normalized spacial score (nSPS) is 11.5. The summed E-state index contributed by atoms with van der Waals surface area (Å²) in [5, 5.41) is 3.21. The largest absolute Gasteiger partial charge is 0.378 e. The van der Waals surface area contributed by atoms with E-state index >= 15 is 0 Å². The minimum absolute atomic E-state index is 0.0967. The number of aryl methyl sites for hydroxylation is 1. The predicted molar refractivity (Wildman–Crippen MR) is 84.0 cm³/mol. The van der Waals surface area contributed by atoms with Gasteiger partial charge in [0.2, 0.25) is 0 Å². The third-order valence-corrected chi connectivity index (χ3v) is 5.11. The highest BCUT2D eigenvalue weighted by Gasteiger charge is 2.16. The Balaban J connectivity index is 2.19. The summed E-state index contributed by atoms with van der Waals surface area (Å²) in [5.74, 6) is 0.0967. The first-order chi connectivity index (χ1) is 10.1. The van der Waals surface area contributed by atoms with Crippen molar-refractivity contribution < 1.29 is 8.42 Å². The first-order valence-electron chi connectivity index (χ1n) is 7.13. The third kappa shape index (κ3) is 3.64. The standard InChI is InChI=1S/C15H21N3O2S/c1-3-9-18-12-16-10-13(18)11-17-14-7-5-6-8-15(14)21(19,20)4-2/h5-8,10,12,17H,3-4,9,11H2,1-2H3. The molecule has 0 unspecified atom stereocenters. The topological polar surface area (TPSA) is 64.0 Å². The van der Waals surface area contributed by atoms with Crippen LogP contribution in [0.2, 0.25) is 0 Å². The van der Waals surface area contributed by atoms with E-state index in [0.29, 0.717) is 17.1 Å². The first kappa shape index (κ1) is 15.6. The highest BCUT2D eigenvalue weighted by atomic mass is 32.2. The Labute approximate surface area is 125 Å². The van der Waals surface area contributed by atoms with Crippen LogP contribution in [-0.4, -0.2) is 23.7 Å². The second-order valence-corrected chi connectivity index (χ2v) is 7.08. The highest BCUT2D eigenvalue weighted by molar-refractivity contribution is 7.91. The highest BCUT2D eigenvalue weighted by Crippen LogP contribution is 2.22. The lowest BCUT2D eigenvalue weighted by Crippen LogP contribution is -2.11. The lowest BCUT2D eigenvalue weighted by atomic mass is 10.3. The average molecular weight is 307 g/mol. The minimum atomic E-state index is -3.23. The van der Waals surface area contributed by atoms with Crippen molar-refractivity contribution in [2.45, 2.75) is 38.3 Å². The van der Waals surface area contributed by atoms with Gasteiger partial charge in [0.25, 0.3) is 0 Å². The van der Waals surface area contributed by atoms with Crippen molar-refractivity contribution in [2.75, 3.05) is 11.1 Å². The Kier molecular flexibility index (Phi) is 5.01. The van der Waals surface area contributed by atoms with Crippen LogP contribution < -0.4 is 5.32 Å². The molecule has 114 valence electrons. The molecule has 21 heavy (non-hydrogen) atoms. The quantitative estimate of drug-likeness (QED) is 0.854. The Hall–Kier alpha value is -1.82. The number of hydrogen-bond acceptors (Lipinski definition) is 4. The van der Waals surface area contributed by atoms with Gasteiger partial charge in [-0.2, -0.15) is 0 Å². The molecule has 1 aromatic heterocycles. The van der Waals surface area contributed by atoms with E-state index < -0.39 is 9.84 Å². The van der Waals surface area contributed by atoms with E-state index in [9.17, 15) is 8.42 Å². The number of para-hydroxylation sites is 1. The average Bonchev–Trinajstić information content (AvgIpc) is 2.93. The van der Waals surface area contributed by atoms with Crippen LogP contribution in [0, 0.1) is 0 Å². The number of imidazole rings is 1. The van der Waals surface area contributed by atoms with Crippen LogP contribution in [-0.2, 0) is 22.9 Å². The van der Waals surface area contributed by atoms with Gasteiger partial charge in [0.1, 0.15) is 0 Å². The van der Waals surface area contributed by atoms with E-state index in [2.05, 4.69) is 21.8 Å². The van der Waals surface area contributed by atoms with Gasteiger partial charge in [0.05, 0.1) is 34.9 Å². The van der Waals surface area contributed by atoms with Crippen LogP contribution in [0.3, 0.4) is 0 Å². The Morgan fingerprint density at radius 3 is 2.71 bits per heavy atom. The van der Waals surface area contributed by atoms with Crippen molar-refractivity contribution >= 4 is 15.5 Å². The van der Waals surface area contributed by atoms with Gasteiger partial charge < -0.3 is 9.88 Å². The summed E-state index contributed by atoms with van der Waals surface area (Å²) >= 11 is 0. The smallest absolute Gasteiger partial charge is 0.180 e. The molecule has 1 N–H and O–H groups in total. The molecule has 6 heteroatoms. The van der Waals surface area contributed by atoms with Gasteiger partial charge in [-0.15, -0.1) is 0 Å². The lowest BCUT2D eigenvalue weighted by Gasteiger charge is -2.13. The summed E-state index contributed by atoms with van der Waals surface area (Å²) in [7, 11) is -3.23. The Morgan fingerprint density at radius 1 is 1.24 bits per heavy atom. The summed E-state index contributed by atoms with van der Waals surface area (Å²) < 4.78 is 26.3. The van der Waals surface area contributed by atoms with Crippen molar-refractivity contribution in [2.24, 2.45) is 0 Å². The lowest BCUT2D eigenvalue weighted by molar-refractivity contribution is 0.597. The molecule has 0 aliphatic heterocycles. The second-order valence-electron chi connectivity index (χ2n) is 4.83. The van der Waals surface area contributed by atoms with Gasteiger partial charge in [-0.05, 0) is 18.6 Å². The molecule has 0 atom stereocenters. The zero-order chi connectivity index (χ0) is 15.3. The molecule has 0 saturated carbocycles. The fraction of sp³-hybridized carbons (Fsp3) is 0.400. The number of sulfone groups is 1. The second kappa shape index (κ2) is 6.76. The van der Waals surface area contributed by atoms with E-state index in [0.717, 1.165) is 18.7 Å². The Bertz CT molecular complexity index is 692. The fourth-order valence-corrected chi connectivity index (χ4v) is 3.23. The van der Waals surface area contributed by atoms with Gasteiger partial charge in [-0.1, -0.05) is 26.0 Å². The van der Waals surface area contributed by atoms with E-state index in [1.54, 1.807) is 37.6 Å². The van der Waals surface area contributed by atoms with Gasteiger partial charge in [0, 0.05) is 12.7 Å². The van der Waals surface area contributed by atoms with Gasteiger partial charge in [-0.25, -0.2) is 13.4 Å². The molecule has 0 spiro atoms. The zero-order valence-corrected chi connectivity index (χ0v) is 13.2. The Morgan fingerprint density at radius 2 is 2.00 bits per heavy atom. The monoisotopic (exact) mass is 307 g/mol. The van der Waals surface area contributed by atoms with Gasteiger partial charge >= 0.3 is 0 Å². The number of aromatic nitrogens is 2. The van der Waals surface area contributed by atoms with E-state index in [4.69, 9.17) is 0 Å². The molecule has 2 aromatic rings. The van der Waals surface area contributed by atoms with Crippen LogP contribution in [0.25, 0.3) is 0 Å². The van der Waals surface area contributed by atoms with Crippen molar-refractivity contribution in [3.63, 3.8) is 0 Å². The number of rotatable bonds is 7. The molecular formula is C15H21N3O2S. The van der Waals surface area contributed by atoms with Crippen LogP contribution in [0.1, 0.15) is 26.0 Å². The maximum Gasteiger partial charge on any atom is 0.180 e. The summed E-state index contributed by atoms with van der Waals surface area (Å²) in [6, 6.07) is 7.02. The van der Waals surface area contributed by atoms with Crippen LogP contribution in [0.15, 0.2) is 41.7 Å². The minimum Gasteiger partial charge on any atom is -0.378 e. The number of nitrogens with one attached hydrogen (secondary N) is 1. The van der Waals surface area contributed by atoms with Gasteiger partial charge in [-0.3, -0.25) is 0 Å². The fourth-order valence-electron chi connectivity index (χ4n) is 2.16. The van der Waals surface area contributed by atoms with E-state index in [1.807, 2.05) is 6.07 Å². The van der Waals surface area contributed by atoms with Crippen LogP contribution in [0.5, 0.6) is 0 Å². The van der Waals surface area contributed by atoms with Crippen LogP contribution >= 0.6 is 0 Å². The summed E-state index contributed by atoms with van der Waals surface area (Å²) in [4.78, 5) is 4.50. The summed E-state index contributed by atoms with van der Waals surface area (Å²) in [6.07, 6.45) is 4.64. The number of benzene rings is 1. The first-order valence-corrected chi connectivity index (χ1v) is 8.78. The molecule has 0 bridgehead atoms. The van der Waals surface area contributed by atoms with Crippen molar-refractivity contribution in [3.8, 4) is 0 Å². The van der Waals surface area contributed by atoms with Crippen LogP contribution in [0.4, 0.5) is 5.69 Å². The molecule has 5 nitrogen and oxygen atoms in total. The molecule has 0 saturated heterocycles.